The summed E-state index contributed by atoms with van der Waals surface area (Å²) in [6.45, 7) is 4.47. The van der Waals surface area contributed by atoms with Crippen molar-refractivity contribution in [3.05, 3.63) is 35.6 Å². The van der Waals surface area contributed by atoms with Crippen molar-refractivity contribution in [2.24, 2.45) is 5.92 Å². The van der Waals surface area contributed by atoms with E-state index in [4.69, 9.17) is 0 Å². The number of hydrogen-bond acceptors (Lipinski definition) is 2. The fourth-order valence-electron chi connectivity index (χ4n) is 1.82. The zero-order chi connectivity index (χ0) is 14.3. The summed E-state index contributed by atoms with van der Waals surface area (Å²) in [7, 11) is 0. The molecule has 0 saturated heterocycles. The predicted octanol–water partition coefficient (Wildman–Crippen LogP) is 2.03. The Balaban J connectivity index is 2.25. The van der Waals surface area contributed by atoms with E-state index in [9.17, 15) is 14.3 Å². The number of benzene rings is 1. The van der Waals surface area contributed by atoms with Crippen LogP contribution in [0.2, 0.25) is 0 Å². The molecular weight excluding hydrogens is 247 g/mol. The Labute approximate surface area is 113 Å². The van der Waals surface area contributed by atoms with E-state index in [1.165, 1.54) is 12.1 Å². The second kappa shape index (κ2) is 7.74. The highest BCUT2D eigenvalue weighted by Crippen LogP contribution is 2.04. The first-order valence-corrected chi connectivity index (χ1v) is 6.41. The molecule has 2 amide bonds. The van der Waals surface area contributed by atoms with Gasteiger partial charge in [0, 0.05) is 13.1 Å². The van der Waals surface area contributed by atoms with Gasteiger partial charge < -0.3 is 15.7 Å². The minimum atomic E-state index is -0.368. The molecule has 0 aliphatic carbocycles. The second-order valence-corrected chi connectivity index (χ2v) is 4.88. The fourth-order valence-corrected chi connectivity index (χ4v) is 1.82. The van der Waals surface area contributed by atoms with E-state index in [0.717, 1.165) is 0 Å². The summed E-state index contributed by atoms with van der Waals surface area (Å²) in [5.74, 6) is -0.106. The molecule has 4 nitrogen and oxygen atoms in total. The van der Waals surface area contributed by atoms with Gasteiger partial charge in [0.1, 0.15) is 5.82 Å². The lowest BCUT2D eigenvalue weighted by atomic mass is 10.1. The summed E-state index contributed by atoms with van der Waals surface area (Å²) in [5, 5.41) is 14.6. The Bertz CT molecular complexity index is 410. The first-order chi connectivity index (χ1) is 8.97. The Kier molecular flexibility index (Phi) is 6.29. The number of rotatable bonds is 6. The van der Waals surface area contributed by atoms with Gasteiger partial charge in [-0.1, -0.05) is 19.1 Å². The number of nitrogens with one attached hydrogen (secondary N) is 2. The molecule has 2 unspecified atom stereocenters. The molecule has 1 rings (SSSR count). The quantitative estimate of drug-likeness (QED) is 0.739. The average Bonchev–Trinajstić information content (AvgIpc) is 2.33. The molecule has 0 heterocycles. The van der Waals surface area contributed by atoms with Crippen LogP contribution in [0.3, 0.4) is 0 Å². The maximum Gasteiger partial charge on any atom is 0.315 e. The van der Waals surface area contributed by atoms with Crippen molar-refractivity contribution < 1.29 is 14.3 Å². The Morgan fingerprint density at radius 3 is 2.74 bits per heavy atom. The monoisotopic (exact) mass is 268 g/mol. The first-order valence-electron chi connectivity index (χ1n) is 6.41. The fraction of sp³-hybridized carbons (Fsp3) is 0.500. The van der Waals surface area contributed by atoms with Crippen LogP contribution in [0, 0.1) is 11.7 Å². The van der Waals surface area contributed by atoms with Crippen molar-refractivity contribution >= 4 is 6.03 Å². The molecule has 0 aliphatic rings. The SMILES string of the molecule is CC(O)CC(C)CNC(=O)NCc1cccc(F)c1. The first kappa shape index (κ1) is 15.4. The smallest absolute Gasteiger partial charge is 0.315 e. The van der Waals surface area contributed by atoms with Gasteiger partial charge in [-0.3, -0.25) is 0 Å². The van der Waals surface area contributed by atoms with Crippen molar-refractivity contribution in [1.82, 2.24) is 10.6 Å². The van der Waals surface area contributed by atoms with Gasteiger partial charge in [-0.2, -0.15) is 0 Å². The van der Waals surface area contributed by atoms with Crippen LogP contribution < -0.4 is 10.6 Å². The Morgan fingerprint density at radius 2 is 2.11 bits per heavy atom. The van der Waals surface area contributed by atoms with Gasteiger partial charge >= 0.3 is 6.03 Å². The number of amides is 2. The van der Waals surface area contributed by atoms with Gasteiger partial charge in [-0.25, -0.2) is 9.18 Å². The van der Waals surface area contributed by atoms with Crippen LogP contribution in [0.1, 0.15) is 25.8 Å². The molecule has 0 bridgehead atoms. The van der Waals surface area contributed by atoms with Crippen LogP contribution in [-0.4, -0.2) is 23.8 Å². The van der Waals surface area contributed by atoms with Crippen LogP contribution in [0.5, 0.6) is 0 Å². The molecule has 1 aromatic rings. The van der Waals surface area contributed by atoms with E-state index < -0.39 is 0 Å². The molecule has 5 heteroatoms. The molecule has 2 atom stereocenters. The summed E-state index contributed by atoms with van der Waals surface area (Å²) >= 11 is 0. The molecule has 0 aliphatic heterocycles. The van der Waals surface area contributed by atoms with Crippen LogP contribution in [0.15, 0.2) is 24.3 Å². The number of carbonyl (C=O) groups excluding carboxylic acids is 1. The molecule has 1 aromatic carbocycles. The summed E-state index contributed by atoms with van der Waals surface area (Å²) < 4.78 is 12.9. The lowest BCUT2D eigenvalue weighted by Gasteiger charge is -2.14. The maximum absolute atomic E-state index is 12.9. The van der Waals surface area contributed by atoms with Crippen LogP contribution in [0.25, 0.3) is 0 Å². The van der Waals surface area contributed by atoms with Crippen molar-refractivity contribution in [2.75, 3.05) is 6.54 Å². The summed E-state index contributed by atoms with van der Waals surface area (Å²) in [6.07, 6.45) is 0.275. The molecular formula is C14H21FN2O2. The zero-order valence-electron chi connectivity index (χ0n) is 11.3. The molecule has 0 aromatic heterocycles. The molecule has 0 fully saturated rings. The number of halogens is 1. The molecule has 0 spiro atoms. The molecule has 0 saturated carbocycles. The lowest BCUT2D eigenvalue weighted by Crippen LogP contribution is -2.37. The van der Waals surface area contributed by atoms with E-state index >= 15 is 0 Å². The number of aliphatic hydroxyl groups is 1. The topological polar surface area (TPSA) is 61.4 Å². The number of hydrogen-bond donors (Lipinski definition) is 3. The van der Waals surface area contributed by atoms with Crippen molar-refractivity contribution in [2.45, 2.75) is 32.9 Å². The van der Waals surface area contributed by atoms with Gasteiger partial charge in [0.05, 0.1) is 6.10 Å². The minimum Gasteiger partial charge on any atom is -0.393 e. The predicted molar refractivity (Wildman–Crippen MR) is 72.1 cm³/mol. The van der Waals surface area contributed by atoms with Gasteiger partial charge in [0.15, 0.2) is 0 Å². The summed E-state index contributed by atoms with van der Waals surface area (Å²) in [6, 6.07) is 5.81. The molecule has 19 heavy (non-hydrogen) atoms. The highest BCUT2D eigenvalue weighted by molar-refractivity contribution is 5.73. The lowest BCUT2D eigenvalue weighted by molar-refractivity contribution is 0.163. The van der Waals surface area contributed by atoms with E-state index in [1.54, 1.807) is 19.1 Å². The average molecular weight is 268 g/mol. The number of aliphatic hydroxyl groups excluding tert-OH is 1. The Morgan fingerprint density at radius 1 is 1.37 bits per heavy atom. The molecule has 106 valence electrons. The van der Waals surface area contributed by atoms with E-state index in [2.05, 4.69) is 10.6 Å². The Hall–Kier alpha value is -1.62. The standard InChI is InChI=1S/C14H21FN2O2/c1-10(6-11(2)18)8-16-14(19)17-9-12-4-3-5-13(15)7-12/h3-5,7,10-11,18H,6,8-9H2,1-2H3,(H2,16,17,19). The maximum atomic E-state index is 12.9. The number of carbonyl (C=O) groups is 1. The van der Waals surface area contributed by atoms with Crippen LogP contribution in [-0.2, 0) is 6.54 Å². The van der Waals surface area contributed by atoms with Gasteiger partial charge in [-0.15, -0.1) is 0 Å². The van der Waals surface area contributed by atoms with E-state index in [-0.39, 0.29) is 30.4 Å². The number of urea groups is 1. The highest BCUT2D eigenvalue weighted by Gasteiger charge is 2.08. The molecule has 0 radical (unpaired) electrons. The van der Waals surface area contributed by atoms with Gasteiger partial charge in [0.2, 0.25) is 0 Å². The van der Waals surface area contributed by atoms with Gasteiger partial charge in [-0.05, 0) is 37.0 Å². The summed E-state index contributed by atoms with van der Waals surface area (Å²) in [5.41, 5.74) is 0.715. The zero-order valence-corrected chi connectivity index (χ0v) is 11.3. The van der Waals surface area contributed by atoms with E-state index in [0.29, 0.717) is 18.5 Å². The summed E-state index contributed by atoms with van der Waals surface area (Å²) in [4.78, 5) is 11.5. The van der Waals surface area contributed by atoms with Crippen molar-refractivity contribution in [1.29, 1.82) is 0 Å². The third-order valence-electron chi connectivity index (χ3n) is 2.70. The second-order valence-electron chi connectivity index (χ2n) is 4.88. The van der Waals surface area contributed by atoms with Crippen LogP contribution in [0.4, 0.5) is 9.18 Å². The third-order valence-corrected chi connectivity index (χ3v) is 2.70. The van der Waals surface area contributed by atoms with Gasteiger partial charge in [0.25, 0.3) is 0 Å². The third kappa shape index (κ3) is 6.76. The van der Waals surface area contributed by atoms with E-state index in [1.807, 2.05) is 6.92 Å². The normalized spacial score (nSPS) is 13.7. The minimum absolute atomic E-state index is 0.208. The largest absolute Gasteiger partial charge is 0.393 e. The van der Waals surface area contributed by atoms with Crippen molar-refractivity contribution in [3.63, 3.8) is 0 Å². The van der Waals surface area contributed by atoms with Crippen molar-refractivity contribution in [3.8, 4) is 0 Å². The van der Waals surface area contributed by atoms with Crippen LogP contribution >= 0.6 is 0 Å². The molecule has 3 N–H and O–H groups in total. The highest BCUT2D eigenvalue weighted by atomic mass is 19.1.